The number of hydrogen-bond donors (Lipinski definition) is 1. The number of hydrogen-bond acceptors (Lipinski definition) is 2. The second kappa shape index (κ2) is 8.49. The molecule has 126 valence electrons. The molecule has 1 N–H and O–H groups in total. The summed E-state index contributed by atoms with van der Waals surface area (Å²) < 4.78 is 12.8. The molecule has 25 heavy (non-hydrogen) atoms. The van der Waals surface area contributed by atoms with E-state index >= 15 is 0 Å². The zero-order valence-corrected chi connectivity index (χ0v) is 14.4. The molecule has 2 nitrogen and oxygen atoms in total. The van der Waals surface area contributed by atoms with Crippen LogP contribution in [0.4, 0.5) is 10.1 Å². The molecule has 0 bridgehead atoms. The highest BCUT2D eigenvalue weighted by molar-refractivity contribution is 7.99. The molecule has 0 spiro atoms. The maximum atomic E-state index is 12.8. The molecule has 0 saturated carbocycles. The molecular formula is C21H18FNOS. The third-order valence-electron chi connectivity index (χ3n) is 3.69. The van der Waals surface area contributed by atoms with Crippen molar-refractivity contribution < 1.29 is 9.18 Å². The molecule has 0 fully saturated rings. The maximum absolute atomic E-state index is 12.8. The Morgan fingerprint density at radius 3 is 2.16 bits per heavy atom. The minimum Gasteiger partial charge on any atom is -0.326 e. The van der Waals surface area contributed by atoms with Gasteiger partial charge in [0.15, 0.2) is 0 Å². The molecule has 0 atom stereocenters. The van der Waals surface area contributed by atoms with Crippen molar-refractivity contribution in [2.24, 2.45) is 0 Å². The summed E-state index contributed by atoms with van der Waals surface area (Å²) in [6.07, 6.45) is 0.405. The Balaban J connectivity index is 1.48. The Morgan fingerprint density at radius 2 is 1.48 bits per heavy atom. The van der Waals surface area contributed by atoms with Gasteiger partial charge in [-0.15, -0.1) is 11.8 Å². The number of amides is 1. The molecule has 0 unspecified atom stereocenters. The van der Waals surface area contributed by atoms with Crippen molar-refractivity contribution in [2.75, 3.05) is 11.1 Å². The molecule has 3 rings (SSSR count). The van der Waals surface area contributed by atoms with E-state index in [1.54, 1.807) is 23.9 Å². The molecule has 0 aliphatic carbocycles. The van der Waals surface area contributed by atoms with Crippen LogP contribution in [0.1, 0.15) is 6.42 Å². The fourth-order valence-corrected chi connectivity index (χ4v) is 3.24. The van der Waals surface area contributed by atoms with E-state index in [-0.39, 0.29) is 11.7 Å². The van der Waals surface area contributed by atoms with Crippen LogP contribution < -0.4 is 5.32 Å². The highest BCUT2D eigenvalue weighted by Crippen LogP contribution is 2.22. The van der Waals surface area contributed by atoms with Crippen LogP contribution in [0.15, 0.2) is 83.8 Å². The van der Waals surface area contributed by atoms with Gasteiger partial charge < -0.3 is 5.32 Å². The highest BCUT2D eigenvalue weighted by atomic mass is 32.2. The van der Waals surface area contributed by atoms with Gasteiger partial charge in [-0.05, 0) is 47.5 Å². The second-order valence-electron chi connectivity index (χ2n) is 5.54. The Kier molecular flexibility index (Phi) is 5.86. The number of thioether (sulfide) groups is 1. The normalized spacial score (nSPS) is 10.4. The van der Waals surface area contributed by atoms with Crippen LogP contribution in [0, 0.1) is 5.82 Å². The van der Waals surface area contributed by atoms with Crippen molar-refractivity contribution in [1.29, 1.82) is 0 Å². The molecule has 3 aromatic carbocycles. The lowest BCUT2D eigenvalue weighted by Gasteiger charge is -2.07. The van der Waals surface area contributed by atoms with Crippen molar-refractivity contribution in [2.45, 2.75) is 11.3 Å². The summed E-state index contributed by atoms with van der Waals surface area (Å²) in [7, 11) is 0. The van der Waals surface area contributed by atoms with Gasteiger partial charge in [0.05, 0.1) is 0 Å². The van der Waals surface area contributed by atoms with Crippen molar-refractivity contribution in [3.05, 3.63) is 84.7 Å². The van der Waals surface area contributed by atoms with Gasteiger partial charge in [-0.1, -0.05) is 42.5 Å². The summed E-state index contributed by atoms with van der Waals surface area (Å²) in [6.45, 7) is 0. The first-order chi connectivity index (χ1) is 12.2. The number of halogens is 1. The predicted molar refractivity (Wildman–Crippen MR) is 102 cm³/mol. The average Bonchev–Trinajstić information content (AvgIpc) is 2.65. The zero-order chi connectivity index (χ0) is 17.5. The summed E-state index contributed by atoms with van der Waals surface area (Å²) in [4.78, 5) is 13.0. The van der Waals surface area contributed by atoms with E-state index in [4.69, 9.17) is 0 Å². The molecule has 1 amide bonds. The van der Waals surface area contributed by atoms with E-state index in [1.165, 1.54) is 12.1 Å². The third kappa shape index (κ3) is 5.19. The molecular weight excluding hydrogens is 333 g/mol. The molecule has 0 aromatic heterocycles. The van der Waals surface area contributed by atoms with E-state index in [2.05, 4.69) is 17.4 Å². The average molecular weight is 351 g/mol. The summed E-state index contributed by atoms with van der Waals surface area (Å²) in [5.41, 5.74) is 3.05. The van der Waals surface area contributed by atoms with Gasteiger partial charge in [0.2, 0.25) is 5.91 Å². The largest absolute Gasteiger partial charge is 0.326 e. The highest BCUT2D eigenvalue weighted by Gasteiger charge is 2.04. The third-order valence-corrected chi connectivity index (χ3v) is 4.70. The van der Waals surface area contributed by atoms with Gasteiger partial charge >= 0.3 is 0 Å². The minimum absolute atomic E-state index is 0.0259. The molecule has 4 heteroatoms. The lowest BCUT2D eigenvalue weighted by atomic mass is 10.1. The SMILES string of the molecule is O=C(CCSc1ccc(F)cc1)Nc1ccc(-c2ccccc2)cc1. The first kappa shape index (κ1) is 17.2. The van der Waals surface area contributed by atoms with Crippen LogP contribution in [0.3, 0.4) is 0 Å². The molecule has 0 aliphatic heterocycles. The van der Waals surface area contributed by atoms with Gasteiger partial charge in [0, 0.05) is 22.8 Å². The molecule has 0 aliphatic rings. The van der Waals surface area contributed by atoms with Gasteiger partial charge in [0.25, 0.3) is 0 Å². The Labute approximate surface area is 151 Å². The molecule has 3 aromatic rings. The van der Waals surface area contributed by atoms with Crippen LogP contribution in [-0.2, 0) is 4.79 Å². The van der Waals surface area contributed by atoms with Gasteiger partial charge in [-0.3, -0.25) is 4.79 Å². The Hall–Kier alpha value is -2.59. The lowest BCUT2D eigenvalue weighted by molar-refractivity contribution is -0.115. The van der Waals surface area contributed by atoms with E-state index in [0.717, 1.165) is 21.7 Å². The van der Waals surface area contributed by atoms with Crippen LogP contribution in [0.5, 0.6) is 0 Å². The Bertz CT molecular complexity index is 817. The van der Waals surface area contributed by atoms with Gasteiger partial charge in [-0.25, -0.2) is 4.39 Å². The summed E-state index contributed by atoms with van der Waals surface area (Å²) in [6, 6.07) is 24.2. The summed E-state index contributed by atoms with van der Waals surface area (Å²) >= 11 is 1.54. The van der Waals surface area contributed by atoms with Crippen LogP contribution in [0.25, 0.3) is 11.1 Å². The van der Waals surface area contributed by atoms with E-state index in [0.29, 0.717) is 12.2 Å². The predicted octanol–water partition coefficient (Wildman–Crippen LogP) is 5.61. The second-order valence-corrected chi connectivity index (χ2v) is 6.71. The van der Waals surface area contributed by atoms with Crippen molar-refractivity contribution in [1.82, 2.24) is 0 Å². The fraction of sp³-hybridized carbons (Fsp3) is 0.0952. The summed E-state index contributed by atoms with van der Waals surface area (Å²) in [5.74, 6) is 0.377. The summed E-state index contributed by atoms with van der Waals surface area (Å²) in [5, 5.41) is 2.90. The van der Waals surface area contributed by atoms with Gasteiger partial charge in [-0.2, -0.15) is 0 Å². The number of rotatable bonds is 6. The van der Waals surface area contributed by atoms with Crippen molar-refractivity contribution in [3.8, 4) is 11.1 Å². The van der Waals surface area contributed by atoms with E-state index in [9.17, 15) is 9.18 Å². The first-order valence-corrected chi connectivity index (χ1v) is 9.03. The van der Waals surface area contributed by atoms with Crippen molar-refractivity contribution >= 4 is 23.4 Å². The topological polar surface area (TPSA) is 29.1 Å². The molecule has 0 radical (unpaired) electrons. The van der Waals surface area contributed by atoms with Crippen LogP contribution in [0.2, 0.25) is 0 Å². The fourth-order valence-electron chi connectivity index (χ4n) is 2.39. The van der Waals surface area contributed by atoms with E-state index < -0.39 is 0 Å². The number of benzene rings is 3. The van der Waals surface area contributed by atoms with E-state index in [1.807, 2.05) is 42.5 Å². The number of anilines is 1. The zero-order valence-electron chi connectivity index (χ0n) is 13.6. The minimum atomic E-state index is -0.249. The monoisotopic (exact) mass is 351 g/mol. The smallest absolute Gasteiger partial charge is 0.225 e. The number of carbonyl (C=O) groups excluding carboxylic acids is 1. The lowest BCUT2D eigenvalue weighted by Crippen LogP contribution is -2.12. The number of nitrogens with one attached hydrogen (secondary N) is 1. The van der Waals surface area contributed by atoms with Gasteiger partial charge in [0.1, 0.15) is 5.82 Å². The van der Waals surface area contributed by atoms with Crippen molar-refractivity contribution in [3.63, 3.8) is 0 Å². The first-order valence-electron chi connectivity index (χ1n) is 8.04. The maximum Gasteiger partial charge on any atom is 0.225 e. The number of carbonyl (C=O) groups is 1. The standard InChI is InChI=1S/C21H18FNOS/c22-18-8-12-20(13-9-18)25-15-14-21(24)23-19-10-6-17(7-11-19)16-4-2-1-3-5-16/h1-13H,14-15H2,(H,23,24). The van der Waals surface area contributed by atoms with Crippen LogP contribution >= 0.6 is 11.8 Å². The quantitative estimate of drug-likeness (QED) is 0.585. The molecule has 0 saturated heterocycles. The van der Waals surface area contributed by atoms with Crippen LogP contribution in [-0.4, -0.2) is 11.7 Å². The Morgan fingerprint density at radius 1 is 0.840 bits per heavy atom. The molecule has 0 heterocycles.